The maximum absolute atomic E-state index is 13.2. The van der Waals surface area contributed by atoms with Crippen LogP contribution in [0.5, 0.6) is 0 Å². The lowest BCUT2D eigenvalue weighted by molar-refractivity contribution is -0.116. The van der Waals surface area contributed by atoms with Crippen LogP contribution >= 0.6 is 0 Å². The topological polar surface area (TPSA) is 45.2 Å². The molecule has 156 valence electrons. The molecule has 1 fully saturated rings. The second-order valence-corrected chi connectivity index (χ2v) is 8.28. The molecule has 0 aliphatic carbocycles. The number of benzene rings is 2. The van der Waals surface area contributed by atoms with Gasteiger partial charge in [-0.2, -0.15) is 0 Å². The number of carbonyl (C=O) groups excluding carboxylic acids is 1. The number of halogens is 1. The van der Waals surface area contributed by atoms with E-state index < -0.39 is 0 Å². The summed E-state index contributed by atoms with van der Waals surface area (Å²) < 4.78 is 13.2. The second kappa shape index (κ2) is 9.35. The van der Waals surface area contributed by atoms with E-state index in [9.17, 15) is 9.18 Å². The van der Waals surface area contributed by atoms with E-state index in [1.54, 1.807) is 13.0 Å². The van der Waals surface area contributed by atoms with Crippen LogP contribution in [0.25, 0.3) is 10.9 Å². The zero-order chi connectivity index (χ0) is 20.9. The average Bonchev–Trinajstić information content (AvgIpc) is 2.75. The third-order valence-corrected chi connectivity index (χ3v) is 5.96. The standard InChI is InChI=1S/C25H28FN3O/c1-18-15-22(26)10-11-23(18)28-24(30)12-9-19-5-4-14-29(16-19)17-21-7-2-6-20-8-3-13-27-25(20)21/h2-3,6-8,10-11,13,15,19H,4-5,9,12,14,16-17H2,1H3,(H,28,30). The monoisotopic (exact) mass is 405 g/mol. The van der Waals surface area contributed by atoms with Gasteiger partial charge in [0.25, 0.3) is 0 Å². The molecule has 0 saturated carbocycles. The quantitative estimate of drug-likeness (QED) is 0.604. The number of pyridine rings is 1. The van der Waals surface area contributed by atoms with Gasteiger partial charge in [-0.15, -0.1) is 0 Å². The highest BCUT2D eigenvalue weighted by Crippen LogP contribution is 2.25. The predicted octanol–water partition coefficient (Wildman–Crippen LogP) is 5.31. The van der Waals surface area contributed by atoms with E-state index in [-0.39, 0.29) is 11.7 Å². The molecule has 1 unspecified atom stereocenters. The summed E-state index contributed by atoms with van der Waals surface area (Å²) in [7, 11) is 0. The van der Waals surface area contributed by atoms with Crippen molar-refractivity contribution in [2.45, 2.75) is 39.2 Å². The third kappa shape index (κ3) is 5.03. The SMILES string of the molecule is Cc1cc(F)ccc1NC(=O)CCC1CCCN(Cc2cccc3cccnc23)C1. The highest BCUT2D eigenvalue weighted by Gasteiger charge is 2.21. The van der Waals surface area contributed by atoms with Crippen LogP contribution in [0.2, 0.25) is 0 Å². The number of carbonyl (C=O) groups is 1. The van der Waals surface area contributed by atoms with E-state index in [2.05, 4.69) is 39.5 Å². The summed E-state index contributed by atoms with van der Waals surface area (Å²) in [6, 6.07) is 14.9. The third-order valence-electron chi connectivity index (χ3n) is 5.96. The number of nitrogens with one attached hydrogen (secondary N) is 1. The molecule has 4 rings (SSSR count). The molecule has 2 heterocycles. The van der Waals surface area contributed by atoms with E-state index in [1.807, 2.05) is 12.3 Å². The first-order chi connectivity index (χ1) is 14.6. The van der Waals surface area contributed by atoms with Gasteiger partial charge in [0.15, 0.2) is 0 Å². The van der Waals surface area contributed by atoms with Crippen molar-refractivity contribution in [3.05, 3.63) is 71.7 Å². The molecular weight excluding hydrogens is 377 g/mol. The summed E-state index contributed by atoms with van der Waals surface area (Å²) >= 11 is 0. The number of fused-ring (bicyclic) bond motifs is 1. The molecule has 1 aliphatic heterocycles. The maximum Gasteiger partial charge on any atom is 0.224 e. The number of hydrogen-bond donors (Lipinski definition) is 1. The molecule has 1 aromatic heterocycles. The molecule has 1 atom stereocenters. The van der Waals surface area contributed by atoms with Crippen molar-refractivity contribution in [1.82, 2.24) is 9.88 Å². The van der Waals surface area contributed by atoms with Crippen LogP contribution in [0, 0.1) is 18.7 Å². The molecule has 3 aromatic rings. The van der Waals surface area contributed by atoms with Gasteiger partial charge in [-0.25, -0.2) is 4.39 Å². The highest BCUT2D eigenvalue weighted by molar-refractivity contribution is 5.91. The summed E-state index contributed by atoms with van der Waals surface area (Å²) in [4.78, 5) is 19.4. The molecule has 1 saturated heterocycles. The number of nitrogens with zero attached hydrogens (tertiary/aromatic N) is 2. The molecule has 2 aromatic carbocycles. The molecule has 5 heteroatoms. The molecule has 0 spiro atoms. The highest BCUT2D eigenvalue weighted by atomic mass is 19.1. The Kier molecular flexibility index (Phi) is 6.38. The summed E-state index contributed by atoms with van der Waals surface area (Å²) in [5, 5.41) is 4.10. The maximum atomic E-state index is 13.2. The Morgan fingerprint density at radius 1 is 1.23 bits per heavy atom. The average molecular weight is 406 g/mol. The largest absolute Gasteiger partial charge is 0.326 e. The number of para-hydroxylation sites is 1. The van der Waals surface area contributed by atoms with Crippen LogP contribution in [0.15, 0.2) is 54.7 Å². The van der Waals surface area contributed by atoms with Crippen molar-refractivity contribution < 1.29 is 9.18 Å². The lowest BCUT2D eigenvalue weighted by Gasteiger charge is -2.33. The van der Waals surface area contributed by atoms with Crippen LogP contribution in [0.3, 0.4) is 0 Å². The number of rotatable bonds is 6. The van der Waals surface area contributed by atoms with Crippen molar-refractivity contribution in [3.8, 4) is 0 Å². The Bertz CT molecular complexity index is 1030. The Labute approximate surface area is 177 Å². The van der Waals surface area contributed by atoms with Gasteiger partial charge in [-0.05, 0) is 74.0 Å². The fourth-order valence-corrected chi connectivity index (χ4v) is 4.38. The van der Waals surface area contributed by atoms with Crippen LogP contribution in [0.1, 0.15) is 36.8 Å². The Hall–Kier alpha value is -2.79. The van der Waals surface area contributed by atoms with Gasteiger partial charge in [0.2, 0.25) is 5.91 Å². The number of aromatic nitrogens is 1. The van der Waals surface area contributed by atoms with E-state index in [1.165, 1.54) is 23.1 Å². The van der Waals surface area contributed by atoms with Crippen LogP contribution in [0.4, 0.5) is 10.1 Å². The minimum Gasteiger partial charge on any atom is -0.326 e. The number of aryl methyl sites for hydroxylation is 1. The first-order valence-corrected chi connectivity index (χ1v) is 10.7. The second-order valence-electron chi connectivity index (χ2n) is 8.28. The molecular formula is C25H28FN3O. The van der Waals surface area contributed by atoms with E-state index in [4.69, 9.17) is 0 Å². The number of likely N-dealkylation sites (tertiary alicyclic amines) is 1. The van der Waals surface area contributed by atoms with Crippen LogP contribution < -0.4 is 5.32 Å². The zero-order valence-electron chi connectivity index (χ0n) is 17.4. The lowest BCUT2D eigenvalue weighted by atomic mass is 9.92. The molecule has 1 N–H and O–H groups in total. The van der Waals surface area contributed by atoms with Gasteiger partial charge in [0, 0.05) is 36.8 Å². The molecule has 1 amide bonds. The zero-order valence-corrected chi connectivity index (χ0v) is 17.4. The molecule has 0 radical (unpaired) electrons. The fourth-order valence-electron chi connectivity index (χ4n) is 4.38. The normalized spacial score (nSPS) is 17.2. The smallest absolute Gasteiger partial charge is 0.224 e. The summed E-state index contributed by atoms with van der Waals surface area (Å²) in [5.74, 6) is 0.232. The van der Waals surface area contributed by atoms with Gasteiger partial charge < -0.3 is 5.32 Å². The Morgan fingerprint density at radius 3 is 2.97 bits per heavy atom. The number of hydrogen-bond acceptors (Lipinski definition) is 3. The number of piperidine rings is 1. The Balaban J connectivity index is 1.31. The van der Waals surface area contributed by atoms with Crippen molar-refractivity contribution >= 4 is 22.5 Å². The van der Waals surface area contributed by atoms with Gasteiger partial charge >= 0.3 is 0 Å². The number of amides is 1. The summed E-state index contributed by atoms with van der Waals surface area (Å²) in [6.45, 7) is 4.79. The molecule has 1 aliphatic rings. The van der Waals surface area contributed by atoms with Crippen LogP contribution in [-0.2, 0) is 11.3 Å². The molecule has 30 heavy (non-hydrogen) atoms. The van der Waals surface area contributed by atoms with Gasteiger partial charge in [0.1, 0.15) is 5.82 Å². The van der Waals surface area contributed by atoms with E-state index >= 15 is 0 Å². The first kappa shape index (κ1) is 20.5. The van der Waals surface area contributed by atoms with Gasteiger partial charge in [-0.3, -0.25) is 14.7 Å². The van der Waals surface area contributed by atoms with Crippen molar-refractivity contribution in [3.63, 3.8) is 0 Å². The summed E-state index contributed by atoms with van der Waals surface area (Å²) in [6.07, 6.45) is 5.53. The van der Waals surface area contributed by atoms with E-state index in [0.717, 1.165) is 50.0 Å². The van der Waals surface area contributed by atoms with Crippen molar-refractivity contribution in [2.24, 2.45) is 5.92 Å². The minimum atomic E-state index is -0.283. The predicted molar refractivity (Wildman–Crippen MR) is 119 cm³/mol. The first-order valence-electron chi connectivity index (χ1n) is 10.7. The molecule has 4 nitrogen and oxygen atoms in total. The minimum absolute atomic E-state index is 0.0000787. The van der Waals surface area contributed by atoms with E-state index in [0.29, 0.717) is 18.0 Å². The summed E-state index contributed by atoms with van der Waals surface area (Å²) in [5.41, 5.74) is 3.78. The van der Waals surface area contributed by atoms with Crippen molar-refractivity contribution in [2.75, 3.05) is 18.4 Å². The van der Waals surface area contributed by atoms with Gasteiger partial charge in [-0.1, -0.05) is 24.3 Å². The Morgan fingerprint density at radius 2 is 2.10 bits per heavy atom. The fraction of sp³-hybridized carbons (Fsp3) is 0.360. The number of anilines is 1. The lowest BCUT2D eigenvalue weighted by Crippen LogP contribution is -2.35. The van der Waals surface area contributed by atoms with Crippen LogP contribution in [-0.4, -0.2) is 28.9 Å². The molecule has 0 bridgehead atoms. The van der Waals surface area contributed by atoms with Gasteiger partial charge in [0.05, 0.1) is 5.52 Å². The van der Waals surface area contributed by atoms with Crippen molar-refractivity contribution in [1.29, 1.82) is 0 Å².